The third-order valence-corrected chi connectivity index (χ3v) is 7.31. The number of methoxy groups -OCH3 is 2. The number of pyridine rings is 1. The lowest BCUT2D eigenvalue weighted by molar-refractivity contribution is -0.0454. The number of anilines is 1. The highest BCUT2D eigenvalue weighted by Gasteiger charge is 2.53. The van der Waals surface area contributed by atoms with Crippen LogP contribution in [0.2, 0.25) is 0 Å². The third-order valence-electron chi connectivity index (χ3n) is 7.31. The lowest BCUT2D eigenvalue weighted by Gasteiger charge is -2.60. The first-order valence-electron chi connectivity index (χ1n) is 11.5. The quantitative estimate of drug-likeness (QED) is 0.498. The second-order valence-corrected chi connectivity index (χ2v) is 9.51. The highest BCUT2D eigenvalue weighted by Crippen LogP contribution is 2.51. The van der Waals surface area contributed by atoms with E-state index >= 15 is 0 Å². The number of allylic oxidation sites excluding steroid dienone is 3. The third kappa shape index (κ3) is 3.70. The Morgan fingerprint density at radius 2 is 1.97 bits per heavy atom. The number of rotatable bonds is 6. The molecule has 172 valence electrons. The molecule has 0 amide bonds. The molecule has 5 nitrogen and oxygen atoms in total. The van der Waals surface area contributed by atoms with E-state index in [4.69, 9.17) is 20.9 Å². The molecule has 5 rings (SSSR count). The highest BCUT2D eigenvalue weighted by molar-refractivity contribution is 5.96. The summed E-state index contributed by atoms with van der Waals surface area (Å²) >= 11 is 0. The van der Waals surface area contributed by atoms with Crippen molar-refractivity contribution >= 4 is 16.6 Å². The fraction of sp³-hybridized carbons (Fsp3) is 0.444. The Balaban J connectivity index is 1.35. The predicted molar refractivity (Wildman–Crippen MR) is 129 cm³/mol. The number of hydrogen-bond donors (Lipinski definition) is 1. The monoisotopic (exact) mass is 447 g/mol. The van der Waals surface area contributed by atoms with Gasteiger partial charge in [-0.05, 0) is 62.8 Å². The van der Waals surface area contributed by atoms with Crippen LogP contribution in [-0.2, 0) is 12.8 Å². The lowest BCUT2D eigenvalue weighted by atomic mass is 9.60. The number of benzene rings is 1. The minimum atomic E-state index is -0.187. The molecule has 0 bridgehead atoms. The van der Waals surface area contributed by atoms with Gasteiger partial charge in [0.15, 0.2) is 11.5 Å². The van der Waals surface area contributed by atoms with Gasteiger partial charge in [0.25, 0.3) is 0 Å². The Bertz CT molecular complexity index is 1190. The van der Waals surface area contributed by atoms with Gasteiger partial charge >= 0.3 is 0 Å². The van der Waals surface area contributed by atoms with E-state index < -0.39 is 0 Å². The first kappa shape index (κ1) is 21.6. The number of nitrogens with zero attached hydrogens (tertiary/aromatic N) is 2. The zero-order valence-electron chi connectivity index (χ0n) is 19.5. The molecule has 1 aliphatic heterocycles. The first-order valence-corrected chi connectivity index (χ1v) is 11.5. The van der Waals surface area contributed by atoms with Crippen LogP contribution < -0.4 is 14.8 Å². The van der Waals surface area contributed by atoms with Crippen LogP contribution in [0.25, 0.3) is 10.9 Å². The normalized spacial score (nSPS) is 19.7. The van der Waals surface area contributed by atoms with Crippen LogP contribution in [0.15, 0.2) is 35.8 Å². The lowest BCUT2D eigenvalue weighted by Crippen LogP contribution is -2.64. The van der Waals surface area contributed by atoms with Gasteiger partial charge in [0, 0.05) is 47.4 Å². The Kier molecular flexibility index (Phi) is 5.44. The van der Waals surface area contributed by atoms with Gasteiger partial charge < -0.3 is 19.7 Å². The van der Waals surface area contributed by atoms with Crippen LogP contribution in [0.3, 0.4) is 0 Å². The van der Waals surface area contributed by atoms with Crippen molar-refractivity contribution in [3.05, 3.63) is 47.1 Å². The van der Waals surface area contributed by atoms with Gasteiger partial charge in [-0.3, -0.25) is 4.98 Å². The van der Waals surface area contributed by atoms with Crippen molar-refractivity contribution in [1.29, 1.82) is 0 Å². The minimum absolute atomic E-state index is 0.187. The molecule has 2 heterocycles. The van der Waals surface area contributed by atoms with Gasteiger partial charge in [0.2, 0.25) is 0 Å². The van der Waals surface area contributed by atoms with Crippen molar-refractivity contribution in [2.75, 3.05) is 32.6 Å². The molecule has 0 atom stereocenters. The number of ether oxygens (including phenoxy) is 2. The summed E-state index contributed by atoms with van der Waals surface area (Å²) in [7, 11) is 3.31. The number of hydrogen-bond acceptors (Lipinski definition) is 5. The zero-order chi connectivity index (χ0) is 23.2. The molecular weight excluding hydrogens is 417 g/mol. The van der Waals surface area contributed by atoms with Crippen molar-refractivity contribution in [2.45, 2.75) is 45.1 Å². The van der Waals surface area contributed by atoms with Crippen LogP contribution in [0.4, 0.5) is 10.1 Å². The second kappa shape index (κ2) is 8.30. The summed E-state index contributed by atoms with van der Waals surface area (Å²) in [6, 6.07) is 4.41. The number of nitrogens with one attached hydrogen (secondary N) is 1. The van der Waals surface area contributed by atoms with Crippen LogP contribution >= 0.6 is 0 Å². The van der Waals surface area contributed by atoms with E-state index in [2.05, 4.69) is 16.1 Å². The maximum atomic E-state index is 14.0. The summed E-state index contributed by atoms with van der Waals surface area (Å²) < 4.78 is 25.0. The molecule has 6 heteroatoms. The largest absolute Gasteiger partial charge is 0.493 e. The molecule has 1 saturated carbocycles. The van der Waals surface area contributed by atoms with Gasteiger partial charge in [-0.1, -0.05) is 5.92 Å². The minimum Gasteiger partial charge on any atom is -0.493 e. The predicted octanol–water partition coefficient (Wildman–Crippen LogP) is 5.01. The Hall–Kier alpha value is -3.20. The fourth-order valence-corrected chi connectivity index (χ4v) is 5.80. The van der Waals surface area contributed by atoms with Crippen LogP contribution in [-0.4, -0.2) is 43.2 Å². The molecule has 1 saturated heterocycles. The number of halogens is 1. The van der Waals surface area contributed by atoms with Gasteiger partial charge in [-0.2, -0.15) is 0 Å². The summed E-state index contributed by atoms with van der Waals surface area (Å²) in [6.45, 7) is 3.23. The smallest absolute Gasteiger partial charge is 0.162 e. The van der Waals surface area contributed by atoms with E-state index in [1.54, 1.807) is 26.4 Å². The molecule has 1 N–H and O–H groups in total. The van der Waals surface area contributed by atoms with E-state index in [0.29, 0.717) is 23.2 Å². The molecule has 3 aliphatic rings. The second-order valence-electron chi connectivity index (χ2n) is 9.51. The van der Waals surface area contributed by atoms with E-state index in [1.165, 1.54) is 23.9 Å². The summed E-state index contributed by atoms with van der Waals surface area (Å²) in [5.74, 6) is 3.68. The van der Waals surface area contributed by atoms with Crippen molar-refractivity contribution in [2.24, 2.45) is 5.41 Å². The molecule has 0 radical (unpaired) electrons. The molecule has 0 unspecified atom stereocenters. The summed E-state index contributed by atoms with van der Waals surface area (Å²) in [5.41, 5.74) is 5.52. The van der Waals surface area contributed by atoms with Gasteiger partial charge in [-0.15, -0.1) is 6.42 Å². The SMILES string of the molecule is C#C/C=C\C(=C(/C)F)N1CC2(CC(Nc3c4c(nc5cc(OC)c(OC)cc35)CCC4)C2)C1. The van der Waals surface area contributed by atoms with Crippen LogP contribution in [0.1, 0.15) is 37.4 Å². The average Bonchev–Trinajstić information content (AvgIpc) is 3.22. The zero-order valence-corrected chi connectivity index (χ0v) is 19.5. The number of terminal acetylenes is 1. The number of aryl methyl sites for hydroxylation is 1. The van der Waals surface area contributed by atoms with Crippen molar-refractivity contribution in [1.82, 2.24) is 9.88 Å². The van der Waals surface area contributed by atoms with Gasteiger partial charge in [0.05, 0.1) is 25.4 Å². The summed E-state index contributed by atoms with van der Waals surface area (Å²) in [6.07, 6.45) is 13.9. The molecular formula is C27H30FN3O2. The summed E-state index contributed by atoms with van der Waals surface area (Å²) in [5, 5.41) is 4.94. The number of fused-ring (bicyclic) bond motifs is 2. The molecule has 2 fully saturated rings. The first-order chi connectivity index (χ1) is 16.0. The standard InChI is InChI=1S/C27H30FN3O2/c1-5-6-10-23(17(2)28)31-15-27(16-31)13-18(14-27)29-26-19-8-7-9-21(19)30-22-12-25(33-4)24(32-3)11-20(22)26/h1,6,10-12,18H,7-9,13-16H2,2-4H3,(H,29,30)/b10-6-,23-17-. The number of aromatic nitrogens is 1. The Morgan fingerprint density at radius 3 is 2.64 bits per heavy atom. The van der Waals surface area contributed by atoms with Crippen molar-refractivity contribution in [3.8, 4) is 23.8 Å². The van der Waals surface area contributed by atoms with Crippen LogP contribution in [0.5, 0.6) is 11.5 Å². The van der Waals surface area contributed by atoms with E-state index in [0.717, 1.165) is 56.1 Å². The van der Waals surface area contributed by atoms with Gasteiger partial charge in [0.1, 0.15) is 5.83 Å². The van der Waals surface area contributed by atoms with E-state index in [9.17, 15) is 4.39 Å². The van der Waals surface area contributed by atoms with Crippen molar-refractivity contribution in [3.63, 3.8) is 0 Å². The maximum absolute atomic E-state index is 14.0. The molecule has 33 heavy (non-hydrogen) atoms. The van der Waals surface area contributed by atoms with Crippen LogP contribution in [0, 0.1) is 17.8 Å². The van der Waals surface area contributed by atoms with Gasteiger partial charge in [-0.25, -0.2) is 4.39 Å². The average molecular weight is 448 g/mol. The molecule has 2 aliphatic carbocycles. The summed E-state index contributed by atoms with van der Waals surface area (Å²) in [4.78, 5) is 7.03. The topological polar surface area (TPSA) is 46.6 Å². The fourth-order valence-electron chi connectivity index (χ4n) is 5.80. The number of likely N-dealkylation sites (tertiary alicyclic amines) is 1. The van der Waals surface area contributed by atoms with E-state index in [-0.39, 0.29) is 11.2 Å². The van der Waals surface area contributed by atoms with E-state index in [1.807, 2.05) is 12.1 Å². The Labute approximate surface area is 194 Å². The molecule has 1 spiro atoms. The Morgan fingerprint density at radius 1 is 1.24 bits per heavy atom. The maximum Gasteiger partial charge on any atom is 0.162 e. The molecule has 1 aromatic carbocycles. The highest BCUT2D eigenvalue weighted by atomic mass is 19.1. The van der Waals surface area contributed by atoms with Crippen molar-refractivity contribution < 1.29 is 13.9 Å². The molecule has 2 aromatic rings. The molecule has 1 aromatic heterocycles.